The largest absolute Gasteiger partial charge is 0.463 e. The maximum absolute atomic E-state index is 10.9. The van der Waals surface area contributed by atoms with E-state index in [1.54, 1.807) is 6.20 Å². The van der Waals surface area contributed by atoms with Crippen LogP contribution in [-0.4, -0.2) is 21.0 Å². The van der Waals surface area contributed by atoms with Crippen LogP contribution in [0.4, 0.5) is 4.79 Å². The molecule has 0 atom stereocenters. The molecule has 1 aromatic heterocycles. The first-order valence-electron chi connectivity index (χ1n) is 4.66. The number of carboxylic acid groups (broad SMARTS) is 1. The zero-order valence-corrected chi connectivity index (χ0v) is 7.84. The van der Waals surface area contributed by atoms with E-state index in [1.165, 1.54) is 5.56 Å². The highest BCUT2D eigenvalue weighted by atomic mass is 16.4. The molecule has 0 amide bonds. The molecular weight excluding hydrogens is 192 g/mol. The van der Waals surface area contributed by atoms with Gasteiger partial charge in [0.2, 0.25) is 0 Å². The lowest BCUT2D eigenvalue weighted by molar-refractivity contribution is 0.193. The van der Waals surface area contributed by atoms with Gasteiger partial charge in [0.05, 0.1) is 11.9 Å². The lowest BCUT2D eigenvalue weighted by Gasteiger charge is -2.01. The highest BCUT2D eigenvalue weighted by Crippen LogP contribution is 2.35. The first-order valence-corrected chi connectivity index (χ1v) is 4.66. The fourth-order valence-corrected chi connectivity index (χ4v) is 2.05. The Morgan fingerprint density at radius 2 is 2.13 bits per heavy atom. The maximum atomic E-state index is 10.9. The summed E-state index contributed by atoms with van der Waals surface area (Å²) < 4.78 is 1.04. The molecule has 0 bridgehead atoms. The minimum Gasteiger partial charge on any atom is -0.463 e. The number of rotatable bonds is 0. The van der Waals surface area contributed by atoms with Crippen molar-refractivity contribution >= 4 is 6.09 Å². The van der Waals surface area contributed by atoms with E-state index in [9.17, 15) is 4.79 Å². The molecule has 15 heavy (non-hydrogen) atoms. The molecule has 3 rings (SSSR count). The second kappa shape index (κ2) is 2.70. The van der Waals surface area contributed by atoms with Crippen LogP contribution in [0.5, 0.6) is 0 Å². The van der Waals surface area contributed by atoms with Crippen molar-refractivity contribution in [2.75, 3.05) is 0 Å². The molecule has 0 unspecified atom stereocenters. The SMILES string of the molecule is O=C(O)n1ncc2c1-c1ccccc1C2. The summed E-state index contributed by atoms with van der Waals surface area (Å²) in [6.07, 6.45) is 1.37. The van der Waals surface area contributed by atoms with Crippen molar-refractivity contribution in [2.24, 2.45) is 0 Å². The third-order valence-electron chi connectivity index (χ3n) is 2.68. The van der Waals surface area contributed by atoms with Gasteiger partial charge in [0.1, 0.15) is 0 Å². The molecule has 4 heteroatoms. The van der Waals surface area contributed by atoms with E-state index >= 15 is 0 Å². The molecule has 1 aromatic carbocycles. The Balaban J connectivity index is 2.29. The number of fused-ring (bicyclic) bond motifs is 3. The van der Waals surface area contributed by atoms with Crippen LogP contribution in [0.1, 0.15) is 11.1 Å². The first kappa shape index (κ1) is 8.23. The Hall–Kier alpha value is -2.10. The smallest absolute Gasteiger partial charge is 0.432 e. The standard InChI is InChI=1S/C11H8N2O2/c14-11(15)13-10-8(6-12-13)5-7-3-1-2-4-9(7)10/h1-4,6H,5H2,(H,14,15). The average Bonchev–Trinajstić information content (AvgIpc) is 2.74. The summed E-state index contributed by atoms with van der Waals surface area (Å²) >= 11 is 0. The van der Waals surface area contributed by atoms with Crippen molar-refractivity contribution in [1.29, 1.82) is 0 Å². The van der Waals surface area contributed by atoms with Crippen LogP contribution >= 0.6 is 0 Å². The zero-order chi connectivity index (χ0) is 10.4. The van der Waals surface area contributed by atoms with Gasteiger partial charge in [0, 0.05) is 17.5 Å². The monoisotopic (exact) mass is 200 g/mol. The molecule has 0 spiro atoms. The summed E-state index contributed by atoms with van der Waals surface area (Å²) in [4.78, 5) is 10.9. The topological polar surface area (TPSA) is 55.1 Å². The molecule has 1 N–H and O–H groups in total. The third-order valence-corrected chi connectivity index (χ3v) is 2.68. The number of aromatic nitrogens is 2. The molecule has 1 aliphatic rings. The van der Waals surface area contributed by atoms with Gasteiger partial charge in [-0.05, 0) is 5.56 Å². The summed E-state index contributed by atoms with van der Waals surface area (Å²) in [7, 11) is 0. The Labute approximate surface area is 85.8 Å². The van der Waals surface area contributed by atoms with Crippen LogP contribution in [0, 0.1) is 0 Å². The predicted octanol–water partition coefficient (Wildman–Crippen LogP) is 1.98. The van der Waals surface area contributed by atoms with Crippen molar-refractivity contribution in [1.82, 2.24) is 9.78 Å². The van der Waals surface area contributed by atoms with Crippen LogP contribution in [0.2, 0.25) is 0 Å². The molecule has 0 radical (unpaired) electrons. The van der Waals surface area contributed by atoms with Gasteiger partial charge in [-0.2, -0.15) is 9.78 Å². The van der Waals surface area contributed by atoms with Gasteiger partial charge in [0.15, 0.2) is 0 Å². The van der Waals surface area contributed by atoms with E-state index in [4.69, 9.17) is 5.11 Å². The van der Waals surface area contributed by atoms with E-state index in [-0.39, 0.29) is 0 Å². The lowest BCUT2D eigenvalue weighted by Crippen LogP contribution is -2.10. The first-order chi connectivity index (χ1) is 7.27. The maximum Gasteiger partial charge on any atom is 0.432 e. The Morgan fingerprint density at radius 3 is 2.93 bits per heavy atom. The van der Waals surface area contributed by atoms with E-state index in [0.717, 1.165) is 27.9 Å². The van der Waals surface area contributed by atoms with Crippen molar-refractivity contribution in [3.8, 4) is 11.3 Å². The van der Waals surface area contributed by atoms with Crippen molar-refractivity contribution in [3.63, 3.8) is 0 Å². The minimum atomic E-state index is -1.03. The molecule has 1 aliphatic carbocycles. The number of hydrogen-bond acceptors (Lipinski definition) is 2. The van der Waals surface area contributed by atoms with Crippen molar-refractivity contribution in [3.05, 3.63) is 41.6 Å². The van der Waals surface area contributed by atoms with Crippen LogP contribution < -0.4 is 0 Å². The normalized spacial score (nSPS) is 12.3. The zero-order valence-electron chi connectivity index (χ0n) is 7.84. The van der Waals surface area contributed by atoms with E-state index < -0.39 is 6.09 Å². The third kappa shape index (κ3) is 1.01. The van der Waals surface area contributed by atoms with E-state index in [1.807, 2.05) is 24.3 Å². The van der Waals surface area contributed by atoms with E-state index in [0.29, 0.717) is 0 Å². The number of benzene rings is 1. The van der Waals surface area contributed by atoms with Crippen LogP contribution in [0.3, 0.4) is 0 Å². The Morgan fingerprint density at radius 1 is 1.33 bits per heavy atom. The summed E-state index contributed by atoms with van der Waals surface area (Å²) in [6.45, 7) is 0. The summed E-state index contributed by atoms with van der Waals surface area (Å²) in [5, 5.41) is 12.8. The lowest BCUT2D eigenvalue weighted by atomic mass is 10.1. The second-order valence-corrected chi connectivity index (χ2v) is 3.55. The molecule has 0 saturated carbocycles. The predicted molar refractivity (Wildman–Crippen MR) is 53.9 cm³/mol. The molecule has 0 saturated heterocycles. The number of carbonyl (C=O) groups is 1. The van der Waals surface area contributed by atoms with Crippen LogP contribution in [0.15, 0.2) is 30.5 Å². The van der Waals surface area contributed by atoms with Gasteiger partial charge < -0.3 is 5.11 Å². The van der Waals surface area contributed by atoms with Gasteiger partial charge >= 0.3 is 6.09 Å². The second-order valence-electron chi connectivity index (χ2n) is 3.55. The molecule has 1 heterocycles. The summed E-state index contributed by atoms with van der Waals surface area (Å²) in [5.74, 6) is 0. The fraction of sp³-hybridized carbons (Fsp3) is 0.0909. The highest BCUT2D eigenvalue weighted by Gasteiger charge is 2.24. The highest BCUT2D eigenvalue weighted by molar-refractivity contribution is 5.81. The Kier molecular flexibility index (Phi) is 1.48. The summed E-state index contributed by atoms with van der Waals surface area (Å²) in [6, 6.07) is 7.82. The molecule has 74 valence electrons. The average molecular weight is 200 g/mol. The van der Waals surface area contributed by atoms with Crippen LogP contribution in [-0.2, 0) is 6.42 Å². The van der Waals surface area contributed by atoms with Gasteiger partial charge in [-0.3, -0.25) is 0 Å². The summed E-state index contributed by atoms with van der Waals surface area (Å²) in [5.41, 5.74) is 3.85. The van der Waals surface area contributed by atoms with Crippen LogP contribution in [0.25, 0.3) is 11.3 Å². The van der Waals surface area contributed by atoms with Gasteiger partial charge in [0.25, 0.3) is 0 Å². The van der Waals surface area contributed by atoms with Gasteiger partial charge in [-0.1, -0.05) is 24.3 Å². The molecule has 0 fully saturated rings. The quantitative estimate of drug-likeness (QED) is 0.603. The molecule has 0 aliphatic heterocycles. The Bertz CT molecular complexity index is 557. The van der Waals surface area contributed by atoms with Gasteiger partial charge in [-0.15, -0.1) is 0 Å². The fourth-order valence-electron chi connectivity index (χ4n) is 2.05. The molecule has 4 nitrogen and oxygen atoms in total. The minimum absolute atomic E-state index is 0.720. The number of nitrogens with zero attached hydrogens (tertiary/aromatic N) is 2. The molecule has 2 aromatic rings. The van der Waals surface area contributed by atoms with E-state index in [2.05, 4.69) is 5.10 Å². The number of hydrogen-bond donors (Lipinski definition) is 1. The van der Waals surface area contributed by atoms with Gasteiger partial charge in [-0.25, -0.2) is 4.79 Å². The van der Waals surface area contributed by atoms with Crippen molar-refractivity contribution in [2.45, 2.75) is 6.42 Å². The molecular formula is C11H8N2O2. The van der Waals surface area contributed by atoms with Crippen molar-refractivity contribution < 1.29 is 9.90 Å².